The van der Waals surface area contributed by atoms with E-state index in [-0.39, 0.29) is 5.79 Å². The molecule has 0 radical (unpaired) electrons. The summed E-state index contributed by atoms with van der Waals surface area (Å²) in [4.78, 5) is 17.4. The van der Waals surface area contributed by atoms with Gasteiger partial charge in [0.15, 0.2) is 5.79 Å². The highest BCUT2D eigenvalue weighted by atomic mass is 16.7. The second kappa shape index (κ2) is 7.55. The van der Waals surface area contributed by atoms with Gasteiger partial charge in [-0.3, -0.25) is 4.98 Å². The van der Waals surface area contributed by atoms with Crippen LogP contribution in [0.4, 0.5) is 11.6 Å². The molecule has 0 atom stereocenters. The van der Waals surface area contributed by atoms with Crippen LogP contribution in [-0.2, 0) is 15.9 Å². The minimum Gasteiger partial charge on any atom is -0.359 e. The lowest BCUT2D eigenvalue weighted by molar-refractivity contribution is -0.169. The second-order valence-corrected chi connectivity index (χ2v) is 6.86. The van der Waals surface area contributed by atoms with E-state index < -0.39 is 0 Å². The van der Waals surface area contributed by atoms with E-state index in [9.17, 15) is 0 Å². The zero-order valence-electron chi connectivity index (χ0n) is 15.2. The van der Waals surface area contributed by atoms with Gasteiger partial charge in [-0.05, 0) is 24.1 Å². The third kappa shape index (κ3) is 3.78. The molecule has 2 aromatic rings. The van der Waals surface area contributed by atoms with Crippen LogP contribution in [0, 0.1) is 0 Å². The number of anilines is 2. The minimum atomic E-state index is -0.353. The Hall–Kier alpha value is -2.25. The zero-order valence-corrected chi connectivity index (χ0v) is 15.2. The molecule has 0 aromatic carbocycles. The SMILES string of the molecule is CN(CCc1ccncc1)c1cc(N2CCC3(CC2)OCCO3)ncn1. The first kappa shape index (κ1) is 17.2. The van der Waals surface area contributed by atoms with Crippen molar-refractivity contribution < 1.29 is 9.47 Å². The Morgan fingerprint density at radius 1 is 1.12 bits per heavy atom. The van der Waals surface area contributed by atoms with Crippen LogP contribution < -0.4 is 9.80 Å². The first-order valence-corrected chi connectivity index (χ1v) is 9.19. The summed E-state index contributed by atoms with van der Waals surface area (Å²) in [6.45, 7) is 4.08. The van der Waals surface area contributed by atoms with Crippen molar-refractivity contribution in [2.45, 2.75) is 25.0 Å². The molecule has 4 heterocycles. The van der Waals surface area contributed by atoms with E-state index in [1.54, 1.807) is 6.33 Å². The number of aromatic nitrogens is 3. The summed E-state index contributed by atoms with van der Waals surface area (Å²) in [6, 6.07) is 6.17. The summed E-state index contributed by atoms with van der Waals surface area (Å²) in [5.41, 5.74) is 1.28. The van der Waals surface area contributed by atoms with Crippen LogP contribution in [0.15, 0.2) is 36.9 Å². The molecule has 0 amide bonds. The first-order valence-electron chi connectivity index (χ1n) is 9.19. The van der Waals surface area contributed by atoms with Gasteiger partial charge in [0, 0.05) is 58.0 Å². The maximum Gasteiger partial charge on any atom is 0.171 e. The molecule has 0 aliphatic carbocycles. The van der Waals surface area contributed by atoms with Crippen molar-refractivity contribution in [1.29, 1.82) is 0 Å². The van der Waals surface area contributed by atoms with E-state index in [0.717, 1.165) is 50.5 Å². The van der Waals surface area contributed by atoms with Crippen molar-refractivity contribution in [3.8, 4) is 0 Å². The molecule has 7 nitrogen and oxygen atoms in total. The Morgan fingerprint density at radius 3 is 2.58 bits per heavy atom. The normalized spacial score (nSPS) is 19.0. The molecular formula is C19H25N5O2. The van der Waals surface area contributed by atoms with Gasteiger partial charge in [0.25, 0.3) is 0 Å². The van der Waals surface area contributed by atoms with E-state index in [4.69, 9.17) is 9.47 Å². The number of hydrogen-bond acceptors (Lipinski definition) is 7. The fourth-order valence-corrected chi connectivity index (χ4v) is 3.54. The van der Waals surface area contributed by atoms with E-state index in [1.165, 1.54) is 5.56 Å². The van der Waals surface area contributed by atoms with Crippen molar-refractivity contribution in [2.24, 2.45) is 0 Å². The second-order valence-electron chi connectivity index (χ2n) is 6.86. The standard InChI is InChI=1S/C19H25N5O2/c1-23(9-4-16-2-7-20-8-3-16)17-14-18(22-15-21-17)24-10-5-19(6-11-24)25-12-13-26-19/h2-3,7-8,14-15H,4-6,9-13H2,1H3. The van der Waals surface area contributed by atoms with Gasteiger partial charge in [-0.1, -0.05) is 0 Å². The van der Waals surface area contributed by atoms with Gasteiger partial charge < -0.3 is 19.3 Å². The monoisotopic (exact) mass is 355 g/mol. The third-order valence-electron chi connectivity index (χ3n) is 5.18. The number of rotatable bonds is 5. The largest absolute Gasteiger partial charge is 0.359 e. The summed E-state index contributed by atoms with van der Waals surface area (Å²) in [6.07, 6.45) is 8.03. The highest BCUT2D eigenvalue weighted by molar-refractivity contribution is 5.50. The Morgan fingerprint density at radius 2 is 1.85 bits per heavy atom. The average Bonchev–Trinajstić information content (AvgIpc) is 3.15. The van der Waals surface area contributed by atoms with Crippen LogP contribution in [0.25, 0.3) is 0 Å². The van der Waals surface area contributed by atoms with Gasteiger partial charge in [-0.25, -0.2) is 9.97 Å². The zero-order chi connectivity index (χ0) is 17.8. The summed E-state index contributed by atoms with van der Waals surface area (Å²) < 4.78 is 11.6. The predicted octanol–water partition coefficient (Wildman–Crippen LogP) is 1.89. The molecule has 7 heteroatoms. The number of likely N-dealkylation sites (N-methyl/N-ethyl adjacent to an activating group) is 1. The van der Waals surface area contributed by atoms with Crippen LogP contribution >= 0.6 is 0 Å². The number of hydrogen-bond donors (Lipinski definition) is 0. The predicted molar refractivity (Wildman–Crippen MR) is 99.3 cm³/mol. The summed E-state index contributed by atoms with van der Waals surface area (Å²) in [5.74, 6) is 1.56. The van der Waals surface area contributed by atoms with Crippen LogP contribution in [0.1, 0.15) is 18.4 Å². The molecule has 0 bridgehead atoms. The lowest BCUT2D eigenvalue weighted by Crippen LogP contribution is -2.45. The van der Waals surface area contributed by atoms with E-state index in [1.807, 2.05) is 12.4 Å². The molecule has 2 saturated heterocycles. The van der Waals surface area contributed by atoms with E-state index >= 15 is 0 Å². The van der Waals surface area contributed by atoms with E-state index in [0.29, 0.717) is 13.2 Å². The lowest BCUT2D eigenvalue weighted by Gasteiger charge is -2.38. The highest BCUT2D eigenvalue weighted by Crippen LogP contribution is 2.33. The molecule has 2 aliphatic heterocycles. The van der Waals surface area contributed by atoms with Crippen LogP contribution in [0.5, 0.6) is 0 Å². The van der Waals surface area contributed by atoms with Gasteiger partial charge >= 0.3 is 0 Å². The van der Waals surface area contributed by atoms with Gasteiger partial charge in [-0.2, -0.15) is 0 Å². The van der Waals surface area contributed by atoms with Crippen LogP contribution in [0.3, 0.4) is 0 Å². The smallest absolute Gasteiger partial charge is 0.171 e. The van der Waals surface area contributed by atoms with Crippen LogP contribution in [-0.4, -0.2) is 60.6 Å². The Labute approximate surface area is 154 Å². The third-order valence-corrected chi connectivity index (χ3v) is 5.18. The molecule has 2 aromatic heterocycles. The van der Waals surface area contributed by atoms with Gasteiger partial charge in [0.05, 0.1) is 13.2 Å². The van der Waals surface area contributed by atoms with Crippen molar-refractivity contribution in [1.82, 2.24) is 15.0 Å². The molecule has 2 aliphatic rings. The number of pyridine rings is 1. The fraction of sp³-hybridized carbons (Fsp3) is 0.526. The molecule has 0 N–H and O–H groups in total. The highest BCUT2D eigenvalue weighted by Gasteiger charge is 2.40. The summed E-state index contributed by atoms with van der Waals surface area (Å²) in [7, 11) is 2.07. The maximum absolute atomic E-state index is 5.81. The molecule has 2 fully saturated rings. The topological polar surface area (TPSA) is 63.6 Å². The quantitative estimate of drug-likeness (QED) is 0.811. The molecule has 1 spiro atoms. The van der Waals surface area contributed by atoms with Crippen molar-refractivity contribution >= 4 is 11.6 Å². The molecule has 0 saturated carbocycles. The Balaban J connectivity index is 1.37. The Kier molecular flexibility index (Phi) is 4.99. The van der Waals surface area contributed by atoms with Gasteiger partial charge in [-0.15, -0.1) is 0 Å². The maximum atomic E-state index is 5.81. The number of ether oxygens (including phenoxy) is 2. The molecule has 26 heavy (non-hydrogen) atoms. The van der Waals surface area contributed by atoms with Crippen LogP contribution in [0.2, 0.25) is 0 Å². The summed E-state index contributed by atoms with van der Waals surface area (Å²) >= 11 is 0. The van der Waals surface area contributed by atoms with Crippen molar-refractivity contribution in [3.05, 3.63) is 42.5 Å². The number of nitrogens with zero attached hydrogens (tertiary/aromatic N) is 5. The fourth-order valence-electron chi connectivity index (χ4n) is 3.54. The first-order chi connectivity index (χ1) is 12.7. The Bertz CT molecular complexity index is 711. The minimum absolute atomic E-state index is 0.353. The van der Waals surface area contributed by atoms with Gasteiger partial charge in [0.2, 0.25) is 0 Å². The number of piperidine rings is 1. The lowest BCUT2D eigenvalue weighted by atomic mass is 10.0. The van der Waals surface area contributed by atoms with E-state index in [2.05, 4.69) is 50.0 Å². The molecule has 0 unspecified atom stereocenters. The van der Waals surface area contributed by atoms with Crippen molar-refractivity contribution in [2.75, 3.05) is 49.7 Å². The van der Waals surface area contributed by atoms with Gasteiger partial charge in [0.1, 0.15) is 18.0 Å². The van der Waals surface area contributed by atoms with Crippen molar-refractivity contribution in [3.63, 3.8) is 0 Å². The molecule has 138 valence electrons. The molecule has 4 rings (SSSR count). The summed E-state index contributed by atoms with van der Waals surface area (Å²) in [5, 5.41) is 0. The molecular weight excluding hydrogens is 330 g/mol. The average molecular weight is 355 g/mol.